The third-order valence-corrected chi connectivity index (χ3v) is 2.88. The molecule has 2 rings (SSSR count). The van der Waals surface area contributed by atoms with Crippen molar-refractivity contribution >= 4 is 11.5 Å². The first-order valence-electron chi connectivity index (χ1n) is 6.14. The summed E-state index contributed by atoms with van der Waals surface area (Å²) < 4.78 is 18.4. The average Bonchev–Trinajstić information content (AvgIpc) is 2.48. The van der Waals surface area contributed by atoms with E-state index in [9.17, 15) is 19.3 Å². The Morgan fingerprint density at radius 3 is 2.71 bits per heavy atom. The van der Waals surface area contributed by atoms with E-state index in [2.05, 4.69) is 0 Å². The van der Waals surface area contributed by atoms with Crippen LogP contribution in [0.5, 0.6) is 5.75 Å². The third kappa shape index (κ3) is 3.62. The lowest BCUT2D eigenvalue weighted by atomic mass is 10.1. The molecule has 21 heavy (non-hydrogen) atoms. The number of rotatable bonds is 5. The minimum Gasteiger partial charge on any atom is -0.485 e. The fourth-order valence-electron chi connectivity index (χ4n) is 1.73. The van der Waals surface area contributed by atoms with Crippen LogP contribution in [-0.4, -0.2) is 17.3 Å². The number of hydrogen-bond donors (Lipinski definition) is 0. The molecule has 0 aliphatic carbocycles. The number of nitro benzene ring substituents is 1. The number of nitro groups is 1. The highest BCUT2D eigenvalue weighted by molar-refractivity contribution is 5.97. The Balaban J connectivity index is 2.06. The van der Waals surface area contributed by atoms with E-state index < -0.39 is 4.92 Å². The maximum Gasteiger partial charge on any atom is 0.270 e. The van der Waals surface area contributed by atoms with Crippen LogP contribution in [-0.2, 0) is 0 Å². The molecule has 0 fully saturated rings. The molecule has 0 N–H and O–H groups in total. The van der Waals surface area contributed by atoms with E-state index in [0.29, 0.717) is 11.3 Å². The van der Waals surface area contributed by atoms with Crippen molar-refractivity contribution < 1.29 is 18.8 Å². The summed E-state index contributed by atoms with van der Waals surface area (Å²) in [5.74, 6) is -0.374. The fraction of sp³-hybridized carbons (Fsp3) is 0.133. The van der Waals surface area contributed by atoms with Crippen molar-refractivity contribution in [2.45, 2.75) is 6.92 Å². The van der Waals surface area contributed by atoms with Crippen LogP contribution in [0.25, 0.3) is 0 Å². The molecule has 0 amide bonds. The second-order valence-electron chi connectivity index (χ2n) is 4.43. The Morgan fingerprint density at radius 2 is 2.05 bits per heavy atom. The molecule has 0 aromatic heterocycles. The highest BCUT2D eigenvalue weighted by atomic mass is 19.1. The van der Waals surface area contributed by atoms with Gasteiger partial charge in [-0.2, -0.15) is 0 Å². The number of non-ortho nitro benzene ring substituents is 1. The van der Waals surface area contributed by atoms with Crippen LogP contribution < -0.4 is 4.74 Å². The first kappa shape index (κ1) is 14.6. The molecule has 0 spiro atoms. The van der Waals surface area contributed by atoms with Gasteiger partial charge in [0, 0.05) is 17.7 Å². The lowest BCUT2D eigenvalue weighted by Crippen LogP contribution is -2.12. The van der Waals surface area contributed by atoms with Crippen molar-refractivity contribution in [2.24, 2.45) is 0 Å². The van der Waals surface area contributed by atoms with Gasteiger partial charge in [-0.1, -0.05) is 12.1 Å². The molecule has 108 valence electrons. The zero-order valence-corrected chi connectivity index (χ0v) is 11.2. The molecule has 0 atom stereocenters. The Morgan fingerprint density at radius 1 is 1.29 bits per heavy atom. The van der Waals surface area contributed by atoms with E-state index in [1.165, 1.54) is 42.5 Å². The molecule has 6 heteroatoms. The summed E-state index contributed by atoms with van der Waals surface area (Å²) >= 11 is 0. The van der Waals surface area contributed by atoms with Crippen molar-refractivity contribution in [2.75, 3.05) is 6.61 Å². The molecular weight excluding hydrogens is 277 g/mol. The molecular formula is C15H12FNO4. The molecule has 0 aliphatic rings. The molecule has 0 bridgehead atoms. The summed E-state index contributed by atoms with van der Waals surface area (Å²) in [4.78, 5) is 22.0. The minimum absolute atomic E-state index is 0.154. The van der Waals surface area contributed by atoms with Gasteiger partial charge in [-0.15, -0.1) is 0 Å². The molecule has 0 heterocycles. The van der Waals surface area contributed by atoms with Crippen LogP contribution in [0, 0.1) is 22.9 Å². The van der Waals surface area contributed by atoms with E-state index in [1.54, 1.807) is 6.92 Å². The first-order chi connectivity index (χ1) is 9.97. The summed E-state index contributed by atoms with van der Waals surface area (Å²) in [7, 11) is 0. The second kappa shape index (κ2) is 6.13. The number of ketones is 1. The lowest BCUT2D eigenvalue weighted by Gasteiger charge is -2.06. The molecule has 0 saturated heterocycles. The van der Waals surface area contributed by atoms with Crippen molar-refractivity contribution in [1.82, 2.24) is 0 Å². The molecule has 2 aromatic rings. The van der Waals surface area contributed by atoms with Gasteiger partial charge in [-0.3, -0.25) is 14.9 Å². The minimum atomic E-state index is -0.568. The molecule has 5 nitrogen and oxygen atoms in total. The topological polar surface area (TPSA) is 69.4 Å². The van der Waals surface area contributed by atoms with Gasteiger partial charge in [0.1, 0.15) is 11.6 Å². The van der Waals surface area contributed by atoms with Crippen LogP contribution in [0.3, 0.4) is 0 Å². The van der Waals surface area contributed by atoms with Crippen LogP contribution in [0.2, 0.25) is 0 Å². The van der Waals surface area contributed by atoms with E-state index in [1.807, 2.05) is 0 Å². The largest absolute Gasteiger partial charge is 0.485 e. The zero-order chi connectivity index (χ0) is 15.4. The predicted octanol–water partition coefficient (Wildman–Crippen LogP) is 3.30. The van der Waals surface area contributed by atoms with Gasteiger partial charge in [0.15, 0.2) is 12.4 Å². The Bertz CT molecular complexity index is 700. The highest BCUT2D eigenvalue weighted by Crippen LogP contribution is 2.17. The standard InChI is InChI=1S/C15H12FNO4/c1-10-7-13(5-6-14(10)16)21-9-15(18)11-3-2-4-12(8-11)17(19)20/h2-8H,9H2,1H3. The average molecular weight is 289 g/mol. The fourth-order valence-corrected chi connectivity index (χ4v) is 1.73. The normalized spacial score (nSPS) is 10.2. The number of Topliss-reactive ketones (excluding diaryl/α,β-unsaturated/α-hetero) is 1. The van der Waals surface area contributed by atoms with Gasteiger partial charge in [-0.05, 0) is 30.7 Å². The van der Waals surface area contributed by atoms with Gasteiger partial charge < -0.3 is 4.74 Å². The SMILES string of the molecule is Cc1cc(OCC(=O)c2cccc([N+](=O)[O-])c2)ccc1F. The van der Waals surface area contributed by atoms with Gasteiger partial charge in [0.25, 0.3) is 5.69 Å². The molecule has 2 aromatic carbocycles. The smallest absolute Gasteiger partial charge is 0.270 e. The Hall–Kier alpha value is -2.76. The van der Waals surface area contributed by atoms with Gasteiger partial charge in [0.05, 0.1) is 4.92 Å². The molecule has 0 aliphatic heterocycles. The lowest BCUT2D eigenvalue weighted by molar-refractivity contribution is -0.384. The number of nitrogens with zero attached hydrogens (tertiary/aromatic N) is 1. The monoisotopic (exact) mass is 289 g/mol. The van der Waals surface area contributed by atoms with Crippen LogP contribution in [0.15, 0.2) is 42.5 Å². The predicted molar refractivity (Wildman–Crippen MR) is 74.1 cm³/mol. The van der Waals surface area contributed by atoms with E-state index in [-0.39, 0.29) is 29.5 Å². The molecule has 0 saturated carbocycles. The van der Waals surface area contributed by atoms with Crippen molar-refractivity contribution in [3.05, 3.63) is 69.5 Å². The number of carbonyl (C=O) groups is 1. The van der Waals surface area contributed by atoms with E-state index >= 15 is 0 Å². The van der Waals surface area contributed by atoms with Crippen molar-refractivity contribution in [3.8, 4) is 5.75 Å². The van der Waals surface area contributed by atoms with Crippen LogP contribution in [0.4, 0.5) is 10.1 Å². The van der Waals surface area contributed by atoms with Crippen LogP contribution in [0.1, 0.15) is 15.9 Å². The van der Waals surface area contributed by atoms with E-state index in [4.69, 9.17) is 4.74 Å². The van der Waals surface area contributed by atoms with Crippen molar-refractivity contribution in [3.63, 3.8) is 0 Å². The first-order valence-corrected chi connectivity index (χ1v) is 6.14. The summed E-state index contributed by atoms with van der Waals surface area (Å²) in [6.07, 6.45) is 0. The second-order valence-corrected chi connectivity index (χ2v) is 4.43. The number of halogens is 1. The van der Waals surface area contributed by atoms with E-state index in [0.717, 1.165) is 0 Å². The summed E-state index contributed by atoms with van der Waals surface area (Å²) in [5, 5.41) is 10.7. The maximum atomic E-state index is 13.1. The van der Waals surface area contributed by atoms with Gasteiger partial charge in [0.2, 0.25) is 0 Å². The number of aryl methyl sites for hydroxylation is 1. The zero-order valence-electron chi connectivity index (χ0n) is 11.2. The summed E-state index contributed by atoms with van der Waals surface area (Å²) in [6, 6.07) is 9.58. The quantitative estimate of drug-likeness (QED) is 0.481. The number of benzene rings is 2. The molecule has 0 unspecified atom stereocenters. The maximum absolute atomic E-state index is 13.1. The number of hydrogen-bond acceptors (Lipinski definition) is 4. The Labute approximate surface area is 120 Å². The van der Waals surface area contributed by atoms with Gasteiger partial charge >= 0.3 is 0 Å². The number of carbonyl (C=O) groups excluding carboxylic acids is 1. The van der Waals surface area contributed by atoms with Crippen LogP contribution >= 0.6 is 0 Å². The summed E-state index contributed by atoms with van der Waals surface area (Å²) in [5.41, 5.74) is 0.455. The Kier molecular flexibility index (Phi) is 4.27. The van der Waals surface area contributed by atoms with Crippen molar-refractivity contribution in [1.29, 1.82) is 0 Å². The third-order valence-electron chi connectivity index (χ3n) is 2.88. The van der Waals surface area contributed by atoms with Gasteiger partial charge in [-0.25, -0.2) is 4.39 Å². The molecule has 0 radical (unpaired) electrons. The highest BCUT2D eigenvalue weighted by Gasteiger charge is 2.12. The number of ether oxygens (including phenoxy) is 1. The summed E-state index contributed by atoms with van der Waals surface area (Å²) in [6.45, 7) is 1.32.